The van der Waals surface area contributed by atoms with Crippen LogP contribution in [0.2, 0.25) is 0 Å². The van der Waals surface area contributed by atoms with Crippen LogP contribution in [0.4, 0.5) is 0 Å². The highest BCUT2D eigenvalue weighted by molar-refractivity contribution is 5.85. The zero-order valence-electron chi connectivity index (χ0n) is 11.6. The lowest BCUT2D eigenvalue weighted by Gasteiger charge is -2.06. The number of hydrogen-bond acceptors (Lipinski definition) is 3. The maximum atomic E-state index is 11.3. The van der Waals surface area contributed by atoms with Crippen LogP contribution in [0.1, 0.15) is 17.5 Å². The van der Waals surface area contributed by atoms with Crippen molar-refractivity contribution in [3.8, 4) is 0 Å². The highest BCUT2D eigenvalue weighted by Crippen LogP contribution is 2.06. The maximum Gasteiger partial charge on any atom is 0.221 e. The Kier molecular flexibility index (Phi) is 9.45. The molecular weight excluding hydrogens is 311 g/mol. The topological polar surface area (TPSA) is 72.9 Å². The second kappa shape index (κ2) is 10.2. The lowest BCUT2D eigenvalue weighted by Crippen LogP contribution is -2.24. The summed E-state index contributed by atoms with van der Waals surface area (Å²) < 4.78 is 2.01. The molecular formula is C14H20Cl2N4O. The van der Waals surface area contributed by atoms with E-state index in [1.165, 1.54) is 5.56 Å². The molecule has 5 nitrogen and oxygen atoms in total. The standard InChI is InChI=1S/C14H18N4O.2ClH/c15-6-5-14(19)17-9-12-1-3-13(4-2-12)10-18-8-7-16-11-18;;/h1-4,7-8,11H,5-6,9-10,15H2,(H,17,19);2*1H. The van der Waals surface area contributed by atoms with Gasteiger partial charge in [0.1, 0.15) is 0 Å². The molecule has 0 fully saturated rings. The van der Waals surface area contributed by atoms with Crippen LogP contribution in [-0.2, 0) is 17.9 Å². The molecule has 7 heteroatoms. The number of nitrogens with zero attached hydrogens (tertiary/aromatic N) is 2. The number of hydrogen-bond donors (Lipinski definition) is 2. The van der Waals surface area contributed by atoms with Crippen molar-refractivity contribution in [2.45, 2.75) is 19.5 Å². The fourth-order valence-corrected chi connectivity index (χ4v) is 1.77. The molecule has 21 heavy (non-hydrogen) atoms. The molecule has 0 aliphatic heterocycles. The fraction of sp³-hybridized carbons (Fsp3) is 0.286. The predicted octanol–water partition coefficient (Wildman–Crippen LogP) is 1.74. The van der Waals surface area contributed by atoms with Gasteiger partial charge in [0, 0.05) is 38.4 Å². The molecule has 3 N–H and O–H groups in total. The zero-order valence-corrected chi connectivity index (χ0v) is 13.2. The van der Waals surface area contributed by atoms with Gasteiger partial charge in [-0.3, -0.25) is 4.79 Å². The molecule has 0 aliphatic rings. The van der Waals surface area contributed by atoms with Crippen molar-refractivity contribution >= 4 is 30.7 Å². The van der Waals surface area contributed by atoms with Crippen LogP contribution in [0.15, 0.2) is 43.0 Å². The van der Waals surface area contributed by atoms with Crippen LogP contribution >= 0.6 is 24.8 Å². The highest BCUT2D eigenvalue weighted by Gasteiger charge is 2.00. The van der Waals surface area contributed by atoms with E-state index < -0.39 is 0 Å². The second-order valence-electron chi connectivity index (χ2n) is 4.37. The first-order chi connectivity index (χ1) is 9.28. The Morgan fingerprint density at radius 3 is 2.43 bits per heavy atom. The normalized spacial score (nSPS) is 9.38. The Hall–Kier alpha value is -1.56. The first-order valence-electron chi connectivity index (χ1n) is 6.28. The average molecular weight is 331 g/mol. The van der Waals surface area contributed by atoms with E-state index in [1.807, 2.05) is 22.9 Å². The van der Waals surface area contributed by atoms with Gasteiger partial charge < -0.3 is 15.6 Å². The molecule has 2 rings (SSSR count). The van der Waals surface area contributed by atoms with E-state index in [4.69, 9.17) is 5.73 Å². The molecule has 0 atom stereocenters. The van der Waals surface area contributed by atoms with E-state index in [0.29, 0.717) is 19.5 Å². The number of nitrogens with two attached hydrogens (primary N) is 1. The molecule has 0 unspecified atom stereocenters. The van der Waals surface area contributed by atoms with Gasteiger partial charge in [0.25, 0.3) is 0 Å². The summed E-state index contributed by atoms with van der Waals surface area (Å²) in [5.41, 5.74) is 7.60. The Morgan fingerprint density at radius 2 is 1.86 bits per heavy atom. The number of aromatic nitrogens is 2. The number of benzene rings is 1. The van der Waals surface area contributed by atoms with E-state index in [-0.39, 0.29) is 30.7 Å². The van der Waals surface area contributed by atoms with E-state index in [9.17, 15) is 4.79 Å². The summed E-state index contributed by atoms with van der Waals surface area (Å²) in [6.07, 6.45) is 5.86. The second-order valence-corrected chi connectivity index (χ2v) is 4.37. The van der Waals surface area contributed by atoms with Crippen molar-refractivity contribution < 1.29 is 4.79 Å². The van der Waals surface area contributed by atoms with Crippen molar-refractivity contribution in [2.75, 3.05) is 6.54 Å². The van der Waals surface area contributed by atoms with Gasteiger partial charge in [-0.05, 0) is 11.1 Å². The molecule has 0 saturated carbocycles. The van der Waals surface area contributed by atoms with Crippen molar-refractivity contribution in [1.82, 2.24) is 14.9 Å². The predicted molar refractivity (Wildman–Crippen MR) is 87.8 cm³/mol. The first-order valence-corrected chi connectivity index (χ1v) is 6.28. The van der Waals surface area contributed by atoms with E-state index in [1.54, 1.807) is 12.5 Å². The minimum atomic E-state index is -0.00927. The van der Waals surface area contributed by atoms with Gasteiger partial charge in [-0.25, -0.2) is 4.98 Å². The smallest absolute Gasteiger partial charge is 0.221 e. The van der Waals surface area contributed by atoms with E-state index in [2.05, 4.69) is 22.4 Å². The Bertz CT molecular complexity index is 514. The van der Waals surface area contributed by atoms with Crippen LogP contribution in [0.3, 0.4) is 0 Å². The molecule has 1 aromatic carbocycles. The van der Waals surface area contributed by atoms with E-state index >= 15 is 0 Å². The third kappa shape index (κ3) is 6.62. The maximum absolute atomic E-state index is 11.3. The van der Waals surface area contributed by atoms with Gasteiger partial charge in [-0.15, -0.1) is 24.8 Å². The Balaban J connectivity index is 0.00000200. The van der Waals surface area contributed by atoms with Crippen molar-refractivity contribution in [2.24, 2.45) is 5.73 Å². The number of carbonyl (C=O) groups is 1. The monoisotopic (exact) mass is 330 g/mol. The fourth-order valence-electron chi connectivity index (χ4n) is 1.77. The molecule has 116 valence electrons. The Labute approximate surface area is 136 Å². The number of amides is 1. The first kappa shape index (κ1) is 19.4. The molecule has 1 aromatic heterocycles. The minimum Gasteiger partial charge on any atom is -0.352 e. The van der Waals surface area contributed by atoms with E-state index in [0.717, 1.165) is 12.1 Å². The van der Waals surface area contributed by atoms with Crippen LogP contribution in [0, 0.1) is 0 Å². The van der Waals surface area contributed by atoms with Gasteiger partial charge >= 0.3 is 0 Å². The molecule has 0 saturated heterocycles. The number of imidazole rings is 1. The quantitative estimate of drug-likeness (QED) is 0.847. The number of rotatable bonds is 6. The molecule has 1 heterocycles. The number of halogens is 2. The SMILES string of the molecule is Cl.Cl.NCCC(=O)NCc1ccc(Cn2ccnc2)cc1. The number of carbonyl (C=O) groups excluding carboxylic acids is 1. The minimum absolute atomic E-state index is 0. The third-order valence-corrected chi connectivity index (χ3v) is 2.81. The van der Waals surface area contributed by atoms with Gasteiger partial charge in [-0.1, -0.05) is 24.3 Å². The summed E-state index contributed by atoms with van der Waals surface area (Å²) in [6.45, 7) is 1.74. The summed E-state index contributed by atoms with van der Waals surface area (Å²) in [5.74, 6) is -0.00927. The van der Waals surface area contributed by atoms with Crippen molar-refractivity contribution in [3.05, 3.63) is 54.1 Å². The summed E-state index contributed by atoms with van der Waals surface area (Å²) >= 11 is 0. The van der Waals surface area contributed by atoms with Gasteiger partial charge in [-0.2, -0.15) is 0 Å². The lowest BCUT2D eigenvalue weighted by molar-refractivity contribution is -0.121. The molecule has 0 radical (unpaired) electrons. The summed E-state index contributed by atoms with van der Waals surface area (Å²) in [4.78, 5) is 15.3. The van der Waals surface area contributed by atoms with Crippen LogP contribution in [0.5, 0.6) is 0 Å². The summed E-state index contributed by atoms with van der Waals surface area (Å²) in [7, 11) is 0. The van der Waals surface area contributed by atoms with Gasteiger partial charge in [0.05, 0.1) is 6.33 Å². The van der Waals surface area contributed by atoms with Gasteiger partial charge in [0.2, 0.25) is 5.91 Å². The molecule has 1 amide bonds. The average Bonchev–Trinajstić information content (AvgIpc) is 2.91. The van der Waals surface area contributed by atoms with Crippen LogP contribution in [-0.4, -0.2) is 22.0 Å². The van der Waals surface area contributed by atoms with Crippen LogP contribution < -0.4 is 11.1 Å². The largest absolute Gasteiger partial charge is 0.352 e. The third-order valence-electron chi connectivity index (χ3n) is 2.81. The summed E-state index contributed by atoms with van der Waals surface area (Å²) in [5, 5.41) is 2.83. The molecule has 0 aliphatic carbocycles. The molecule has 0 bridgehead atoms. The number of nitrogens with one attached hydrogen (secondary N) is 1. The van der Waals surface area contributed by atoms with Crippen molar-refractivity contribution in [1.29, 1.82) is 0 Å². The van der Waals surface area contributed by atoms with Crippen LogP contribution in [0.25, 0.3) is 0 Å². The zero-order chi connectivity index (χ0) is 13.5. The lowest BCUT2D eigenvalue weighted by atomic mass is 10.1. The van der Waals surface area contributed by atoms with Gasteiger partial charge in [0.15, 0.2) is 0 Å². The molecule has 0 spiro atoms. The Morgan fingerprint density at radius 1 is 1.19 bits per heavy atom. The highest BCUT2D eigenvalue weighted by atomic mass is 35.5. The molecule has 2 aromatic rings. The summed E-state index contributed by atoms with van der Waals surface area (Å²) in [6, 6.07) is 8.17. The van der Waals surface area contributed by atoms with Crippen molar-refractivity contribution in [3.63, 3.8) is 0 Å².